The number of aliphatic hydroxyl groups excluding tert-OH is 1. The van der Waals surface area contributed by atoms with Crippen LogP contribution >= 0.6 is 0 Å². The zero-order chi connectivity index (χ0) is 23.9. The van der Waals surface area contributed by atoms with Crippen molar-refractivity contribution in [2.45, 2.75) is 30.6 Å². The SMILES string of the molecule is C[C@]12C=CCCOC(=O)[C@H]1[C@H]1C(=O)N(CCO)C3C(=O)N(CCN4CCOCC4)CC=C[C@@]31O2. The maximum Gasteiger partial charge on any atom is 0.313 e. The van der Waals surface area contributed by atoms with E-state index >= 15 is 0 Å². The predicted molar refractivity (Wildman–Crippen MR) is 119 cm³/mol. The second-order valence-electron chi connectivity index (χ2n) is 9.75. The van der Waals surface area contributed by atoms with Crippen molar-refractivity contribution in [1.82, 2.24) is 14.7 Å². The highest BCUT2D eigenvalue weighted by atomic mass is 16.6. The van der Waals surface area contributed by atoms with Gasteiger partial charge in [0.25, 0.3) is 0 Å². The summed E-state index contributed by atoms with van der Waals surface area (Å²) in [5.41, 5.74) is -2.38. The van der Waals surface area contributed by atoms with E-state index < -0.39 is 35.0 Å². The van der Waals surface area contributed by atoms with E-state index in [2.05, 4.69) is 4.90 Å². The normalized spacial score (nSPS) is 38.2. The number of fused-ring (bicyclic) bond motifs is 2. The molecule has 2 amide bonds. The first-order valence-electron chi connectivity index (χ1n) is 12.1. The third kappa shape index (κ3) is 3.67. The second kappa shape index (κ2) is 9.07. The number of hydrogen-bond donors (Lipinski definition) is 1. The molecule has 0 aromatic heterocycles. The summed E-state index contributed by atoms with van der Waals surface area (Å²) in [6, 6.07) is -0.952. The Morgan fingerprint density at radius 3 is 2.56 bits per heavy atom. The quantitative estimate of drug-likeness (QED) is 0.406. The lowest BCUT2D eigenvalue weighted by molar-refractivity contribution is -0.160. The van der Waals surface area contributed by atoms with Crippen molar-refractivity contribution in [1.29, 1.82) is 0 Å². The number of nitrogens with zero attached hydrogens (tertiary/aromatic N) is 3. The predicted octanol–water partition coefficient (Wildman–Crippen LogP) is -0.817. The number of hydrogen-bond acceptors (Lipinski definition) is 8. The molecule has 5 aliphatic rings. The molecule has 5 atom stereocenters. The van der Waals surface area contributed by atoms with Crippen LogP contribution in [-0.2, 0) is 28.6 Å². The summed E-state index contributed by atoms with van der Waals surface area (Å²) in [7, 11) is 0. The van der Waals surface area contributed by atoms with Gasteiger partial charge in [0.1, 0.15) is 17.6 Å². The molecule has 10 heteroatoms. The highest BCUT2D eigenvalue weighted by molar-refractivity contribution is 5.99. The Balaban J connectivity index is 1.49. The third-order valence-electron chi connectivity index (χ3n) is 7.73. The minimum absolute atomic E-state index is 0.00366. The molecule has 0 radical (unpaired) electrons. The molecule has 0 saturated carbocycles. The van der Waals surface area contributed by atoms with Gasteiger partial charge in [0.15, 0.2) is 0 Å². The molecule has 1 N–H and O–H groups in total. The van der Waals surface area contributed by atoms with Crippen molar-refractivity contribution in [3.8, 4) is 0 Å². The molecular weight excluding hydrogens is 442 g/mol. The van der Waals surface area contributed by atoms with Crippen molar-refractivity contribution < 1.29 is 33.7 Å². The Labute approximate surface area is 199 Å². The van der Waals surface area contributed by atoms with Gasteiger partial charge in [0.2, 0.25) is 11.8 Å². The van der Waals surface area contributed by atoms with E-state index in [1.807, 2.05) is 24.3 Å². The smallest absolute Gasteiger partial charge is 0.313 e. The number of aliphatic hydroxyl groups is 1. The minimum atomic E-state index is -1.30. The molecule has 0 aromatic rings. The first-order chi connectivity index (χ1) is 16.4. The number of ether oxygens (including phenoxy) is 3. The van der Waals surface area contributed by atoms with E-state index in [1.165, 1.54) is 4.90 Å². The molecule has 1 spiro atoms. The van der Waals surface area contributed by atoms with Gasteiger partial charge in [-0.2, -0.15) is 0 Å². The largest absolute Gasteiger partial charge is 0.465 e. The molecule has 3 saturated heterocycles. The Bertz CT molecular complexity index is 901. The molecular formula is C24H33N3O7. The van der Waals surface area contributed by atoms with Gasteiger partial charge in [0, 0.05) is 39.3 Å². The van der Waals surface area contributed by atoms with Gasteiger partial charge in [-0.05, 0) is 13.3 Å². The van der Waals surface area contributed by atoms with E-state index in [4.69, 9.17) is 14.2 Å². The Morgan fingerprint density at radius 1 is 1.00 bits per heavy atom. The van der Waals surface area contributed by atoms with Crippen LogP contribution in [-0.4, -0.2) is 121 Å². The van der Waals surface area contributed by atoms with E-state index in [1.54, 1.807) is 11.8 Å². The van der Waals surface area contributed by atoms with Crippen LogP contribution in [0.1, 0.15) is 13.3 Å². The van der Waals surface area contributed by atoms with Crippen LogP contribution in [0, 0.1) is 11.8 Å². The Kier molecular flexibility index (Phi) is 6.26. The number of carbonyl (C=O) groups excluding carboxylic acids is 3. The lowest BCUT2D eigenvalue weighted by Gasteiger charge is -2.38. The first-order valence-corrected chi connectivity index (χ1v) is 12.1. The highest BCUT2D eigenvalue weighted by Crippen LogP contribution is 2.57. The van der Waals surface area contributed by atoms with Gasteiger partial charge in [0.05, 0.1) is 37.9 Å². The number of β-amino-alcohol motifs (C(OH)–C–C–N with tert-alkyl or cyclic N) is 1. The van der Waals surface area contributed by atoms with E-state index in [-0.39, 0.29) is 31.6 Å². The molecule has 5 rings (SSSR count). The zero-order valence-corrected chi connectivity index (χ0v) is 19.6. The summed E-state index contributed by atoms with van der Waals surface area (Å²) in [5.74, 6) is -2.84. The van der Waals surface area contributed by atoms with Crippen molar-refractivity contribution in [2.24, 2.45) is 11.8 Å². The zero-order valence-electron chi connectivity index (χ0n) is 19.6. The summed E-state index contributed by atoms with van der Waals surface area (Å²) in [5, 5.41) is 9.71. The van der Waals surface area contributed by atoms with Crippen LogP contribution in [0.15, 0.2) is 24.3 Å². The van der Waals surface area contributed by atoms with Crippen LogP contribution in [0.3, 0.4) is 0 Å². The number of carbonyl (C=O) groups is 3. The second-order valence-corrected chi connectivity index (χ2v) is 9.75. The van der Waals surface area contributed by atoms with E-state index in [0.717, 1.165) is 13.1 Å². The fourth-order valence-electron chi connectivity index (χ4n) is 6.17. The van der Waals surface area contributed by atoms with Gasteiger partial charge >= 0.3 is 5.97 Å². The molecule has 0 bridgehead atoms. The highest BCUT2D eigenvalue weighted by Gasteiger charge is 2.74. The summed E-state index contributed by atoms with van der Waals surface area (Å²) in [4.78, 5) is 46.2. The van der Waals surface area contributed by atoms with Crippen LogP contribution in [0.5, 0.6) is 0 Å². The third-order valence-corrected chi connectivity index (χ3v) is 7.73. The lowest BCUT2D eigenvalue weighted by Crippen LogP contribution is -2.57. The summed E-state index contributed by atoms with van der Waals surface area (Å²) < 4.78 is 17.5. The molecule has 10 nitrogen and oxygen atoms in total. The van der Waals surface area contributed by atoms with E-state index in [0.29, 0.717) is 39.3 Å². The topological polar surface area (TPSA) is 109 Å². The monoisotopic (exact) mass is 475 g/mol. The molecule has 1 unspecified atom stereocenters. The fourth-order valence-corrected chi connectivity index (χ4v) is 6.17. The van der Waals surface area contributed by atoms with Crippen molar-refractivity contribution in [2.75, 3.05) is 65.7 Å². The number of cyclic esters (lactones) is 1. The maximum atomic E-state index is 13.9. The number of likely N-dealkylation sites (tertiary alicyclic amines) is 1. The van der Waals surface area contributed by atoms with E-state index in [9.17, 15) is 19.5 Å². The molecule has 5 heterocycles. The summed E-state index contributed by atoms with van der Waals surface area (Å²) in [6.45, 7) is 6.33. The van der Waals surface area contributed by atoms with Crippen molar-refractivity contribution in [3.63, 3.8) is 0 Å². The summed E-state index contributed by atoms with van der Waals surface area (Å²) in [6.07, 6.45) is 7.98. The van der Waals surface area contributed by atoms with Gasteiger partial charge in [-0.3, -0.25) is 19.3 Å². The fraction of sp³-hybridized carbons (Fsp3) is 0.708. The number of esters is 1. The molecule has 0 aromatic carbocycles. The van der Waals surface area contributed by atoms with Crippen molar-refractivity contribution in [3.05, 3.63) is 24.3 Å². The average Bonchev–Trinajstić information content (AvgIpc) is 3.13. The molecule has 5 aliphatic heterocycles. The van der Waals surface area contributed by atoms with Crippen LogP contribution < -0.4 is 0 Å². The van der Waals surface area contributed by atoms with Gasteiger partial charge in [-0.1, -0.05) is 24.3 Å². The number of morpholine rings is 1. The number of rotatable bonds is 5. The lowest BCUT2D eigenvalue weighted by atomic mass is 9.74. The molecule has 0 aliphatic carbocycles. The standard InChI is InChI=1S/C24H33N3O7/c1-23-5-2-3-14-33-22(31)18(23)17-20(29)27(10-13-28)19-21(30)26(7-4-6-24(17,19)34-23)9-8-25-11-15-32-16-12-25/h2,4-6,17-19,28H,3,7-16H2,1H3/t17-,18+,19?,23-,24-/m0/s1. The van der Waals surface area contributed by atoms with Gasteiger partial charge in [-0.25, -0.2) is 0 Å². The van der Waals surface area contributed by atoms with Crippen molar-refractivity contribution >= 4 is 17.8 Å². The summed E-state index contributed by atoms with van der Waals surface area (Å²) >= 11 is 0. The first kappa shape index (κ1) is 23.5. The molecule has 186 valence electrons. The minimum Gasteiger partial charge on any atom is -0.465 e. The number of amides is 2. The molecule has 3 fully saturated rings. The molecule has 34 heavy (non-hydrogen) atoms. The Hall–Kier alpha value is -2.27. The maximum absolute atomic E-state index is 13.9. The Morgan fingerprint density at radius 2 is 1.79 bits per heavy atom. The van der Waals surface area contributed by atoms with Crippen LogP contribution in [0.2, 0.25) is 0 Å². The van der Waals surface area contributed by atoms with Crippen LogP contribution in [0.4, 0.5) is 0 Å². The van der Waals surface area contributed by atoms with Crippen LogP contribution in [0.25, 0.3) is 0 Å². The van der Waals surface area contributed by atoms with Gasteiger partial charge < -0.3 is 29.1 Å². The van der Waals surface area contributed by atoms with Gasteiger partial charge in [-0.15, -0.1) is 0 Å². The average molecular weight is 476 g/mol.